The molecule has 0 spiro atoms. The summed E-state index contributed by atoms with van der Waals surface area (Å²) in [6, 6.07) is 15.6. The molecule has 0 aliphatic rings. The van der Waals surface area contributed by atoms with Crippen molar-refractivity contribution in [2.24, 2.45) is 0 Å². The molecule has 0 saturated heterocycles. The van der Waals surface area contributed by atoms with Crippen LogP contribution in [0.15, 0.2) is 48.5 Å². The molecule has 22 heavy (non-hydrogen) atoms. The van der Waals surface area contributed by atoms with Crippen LogP contribution in [0, 0.1) is 0 Å². The van der Waals surface area contributed by atoms with Gasteiger partial charge in [0.15, 0.2) is 0 Å². The Kier molecular flexibility index (Phi) is 6.74. The number of ether oxygens (including phenoxy) is 2. The number of hydrogen-bond donors (Lipinski definition) is 2. The first-order valence-electron chi connectivity index (χ1n) is 7.59. The predicted octanol–water partition coefficient (Wildman–Crippen LogP) is 3.36. The zero-order valence-electron chi connectivity index (χ0n) is 12.8. The molecular weight excluding hydrogens is 276 g/mol. The van der Waals surface area contributed by atoms with Gasteiger partial charge in [-0.1, -0.05) is 36.4 Å². The van der Waals surface area contributed by atoms with E-state index in [0.29, 0.717) is 26.4 Å². The van der Waals surface area contributed by atoms with Crippen LogP contribution in [0.5, 0.6) is 0 Å². The first kappa shape index (κ1) is 16.3. The van der Waals surface area contributed by atoms with E-state index in [4.69, 9.17) is 20.9 Å². The van der Waals surface area contributed by atoms with E-state index in [2.05, 4.69) is 0 Å². The number of benzene rings is 2. The third kappa shape index (κ3) is 5.39. The lowest BCUT2D eigenvalue weighted by molar-refractivity contribution is 0.0902. The van der Waals surface area contributed by atoms with E-state index in [1.807, 2.05) is 48.5 Å². The third-order valence-corrected chi connectivity index (χ3v) is 3.45. The van der Waals surface area contributed by atoms with Gasteiger partial charge in [-0.3, -0.25) is 0 Å². The van der Waals surface area contributed by atoms with Crippen LogP contribution in [-0.4, -0.2) is 13.2 Å². The number of hydrogen-bond acceptors (Lipinski definition) is 4. The summed E-state index contributed by atoms with van der Waals surface area (Å²) in [5.41, 5.74) is 15.4. The van der Waals surface area contributed by atoms with Crippen molar-refractivity contribution in [2.45, 2.75) is 26.1 Å². The Morgan fingerprint density at radius 1 is 0.636 bits per heavy atom. The van der Waals surface area contributed by atoms with Crippen LogP contribution in [0.25, 0.3) is 0 Å². The molecule has 4 heteroatoms. The minimum Gasteiger partial charge on any atom is -0.398 e. The molecule has 0 atom stereocenters. The molecule has 0 unspecified atom stereocenters. The maximum atomic E-state index is 5.86. The normalized spacial score (nSPS) is 10.7. The van der Waals surface area contributed by atoms with Crippen LogP contribution in [0.1, 0.15) is 24.0 Å². The Bertz CT molecular complexity index is 521. The van der Waals surface area contributed by atoms with E-state index in [0.717, 1.165) is 35.3 Å². The van der Waals surface area contributed by atoms with Crippen molar-refractivity contribution in [1.82, 2.24) is 0 Å². The average molecular weight is 300 g/mol. The quantitative estimate of drug-likeness (QED) is 0.550. The smallest absolute Gasteiger partial charge is 0.0736 e. The Labute approximate surface area is 132 Å². The molecule has 0 aromatic heterocycles. The fourth-order valence-corrected chi connectivity index (χ4v) is 2.10. The molecule has 0 aliphatic heterocycles. The minimum atomic E-state index is 0.564. The maximum Gasteiger partial charge on any atom is 0.0736 e. The van der Waals surface area contributed by atoms with Gasteiger partial charge in [0.25, 0.3) is 0 Å². The fraction of sp³-hybridized carbons (Fsp3) is 0.333. The van der Waals surface area contributed by atoms with E-state index in [-0.39, 0.29) is 0 Å². The van der Waals surface area contributed by atoms with Gasteiger partial charge in [-0.15, -0.1) is 0 Å². The highest BCUT2D eigenvalue weighted by atomic mass is 16.5. The highest BCUT2D eigenvalue weighted by molar-refractivity contribution is 5.46. The largest absolute Gasteiger partial charge is 0.398 e. The monoisotopic (exact) mass is 300 g/mol. The summed E-state index contributed by atoms with van der Waals surface area (Å²) in [4.78, 5) is 0. The van der Waals surface area contributed by atoms with Crippen molar-refractivity contribution in [3.63, 3.8) is 0 Å². The number of unbranched alkanes of at least 4 members (excludes halogenated alkanes) is 1. The number of rotatable bonds is 9. The molecule has 4 N–H and O–H groups in total. The van der Waals surface area contributed by atoms with Crippen molar-refractivity contribution < 1.29 is 9.47 Å². The second-order valence-corrected chi connectivity index (χ2v) is 5.21. The van der Waals surface area contributed by atoms with Gasteiger partial charge in [0.2, 0.25) is 0 Å². The van der Waals surface area contributed by atoms with Crippen LogP contribution in [0.2, 0.25) is 0 Å². The molecule has 0 fully saturated rings. The maximum absolute atomic E-state index is 5.86. The standard InChI is InChI=1S/C18H24N2O2/c19-17-9-3-1-7-15(17)13-21-11-5-6-12-22-14-16-8-2-4-10-18(16)20/h1-4,7-10H,5-6,11-14,19-20H2. The predicted molar refractivity (Wildman–Crippen MR) is 90.3 cm³/mol. The van der Waals surface area contributed by atoms with Crippen molar-refractivity contribution in [2.75, 3.05) is 24.7 Å². The first-order valence-corrected chi connectivity index (χ1v) is 7.59. The van der Waals surface area contributed by atoms with Gasteiger partial charge < -0.3 is 20.9 Å². The van der Waals surface area contributed by atoms with Crippen LogP contribution in [0.4, 0.5) is 11.4 Å². The average Bonchev–Trinajstić information content (AvgIpc) is 2.53. The minimum absolute atomic E-state index is 0.564. The van der Waals surface area contributed by atoms with E-state index in [9.17, 15) is 0 Å². The van der Waals surface area contributed by atoms with Crippen molar-refractivity contribution in [3.8, 4) is 0 Å². The molecule has 4 nitrogen and oxygen atoms in total. The number of para-hydroxylation sites is 2. The highest BCUT2D eigenvalue weighted by Gasteiger charge is 1.99. The third-order valence-electron chi connectivity index (χ3n) is 3.45. The van der Waals surface area contributed by atoms with Crippen LogP contribution in [0.3, 0.4) is 0 Å². The van der Waals surface area contributed by atoms with E-state index in [1.165, 1.54) is 0 Å². The Morgan fingerprint density at radius 3 is 1.45 bits per heavy atom. The van der Waals surface area contributed by atoms with Gasteiger partial charge in [-0.25, -0.2) is 0 Å². The first-order chi connectivity index (χ1) is 10.8. The summed E-state index contributed by atoms with van der Waals surface area (Å²) in [6.07, 6.45) is 1.94. The number of nitrogens with two attached hydrogens (primary N) is 2. The molecule has 2 aromatic carbocycles. The molecule has 0 aliphatic carbocycles. The molecule has 2 aromatic rings. The summed E-state index contributed by atoms with van der Waals surface area (Å²) in [7, 11) is 0. The molecule has 0 amide bonds. The Balaban J connectivity index is 1.51. The van der Waals surface area contributed by atoms with E-state index < -0.39 is 0 Å². The fourth-order valence-electron chi connectivity index (χ4n) is 2.10. The van der Waals surface area contributed by atoms with Gasteiger partial charge in [-0.05, 0) is 25.0 Å². The molecule has 0 radical (unpaired) electrons. The summed E-state index contributed by atoms with van der Waals surface area (Å²) in [5.74, 6) is 0. The van der Waals surface area contributed by atoms with Gasteiger partial charge in [0, 0.05) is 35.7 Å². The number of nitrogen functional groups attached to an aromatic ring is 2. The summed E-state index contributed by atoms with van der Waals surface area (Å²) in [6.45, 7) is 2.55. The zero-order chi connectivity index (χ0) is 15.6. The molecule has 2 rings (SSSR count). The lowest BCUT2D eigenvalue weighted by atomic mass is 10.2. The van der Waals surface area contributed by atoms with Gasteiger partial charge >= 0.3 is 0 Å². The van der Waals surface area contributed by atoms with Crippen LogP contribution in [-0.2, 0) is 22.7 Å². The van der Waals surface area contributed by atoms with Crippen molar-refractivity contribution in [1.29, 1.82) is 0 Å². The van der Waals surface area contributed by atoms with Crippen molar-refractivity contribution >= 4 is 11.4 Å². The van der Waals surface area contributed by atoms with Gasteiger partial charge in [-0.2, -0.15) is 0 Å². The zero-order valence-corrected chi connectivity index (χ0v) is 12.8. The summed E-state index contributed by atoms with van der Waals surface area (Å²) < 4.78 is 11.3. The lowest BCUT2D eigenvalue weighted by Crippen LogP contribution is -2.02. The second kappa shape index (κ2) is 9.07. The molecule has 118 valence electrons. The topological polar surface area (TPSA) is 70.5 Å². The summed E-state index contributed by atoms with van der Waals surface area (Å²) >= 11 is 0. The lowest BCUT2D eigenvalue weighted by Gasteiger charge is -2.08. The van der Waals surface area contributed by atoms with Crippen molar-refractivity contribution in [3.05, 3.63) is 59.7 Å². The van der Waals surface area contributed by atoms with Crippen LogP contribution < -0.4 is 11.5 Å². The molecule has 0 bridgehead atoms. The second-order valence-electron chi connectivity index (χ2n) is 5.21. The molecular formula is C18H24N2O2. The van der Waals surface area contributed by atoms with Gasteiger partial charge in [0.1, 0.15) is 0 Å². The highest BCUT2D eigenvalue weighted by Crippen LogP contribution is 2.13. The Hall–Kier alpha value is -2.04. The SMILES string of the molecule is Nc1ccccc1COCCCCOCc1ccccc1N. The Morgan fingerprint density at radius 2 is 1.05 bits per heavy atom. The van der Waals surface area contributed by atoms with Gasteiger partial charge in [0.05, 0.1) is 13.2 Å². The molecule has 0 heterocycles. The van der Waals surface area contributed by atoms with E-state index >= 15 is 0 Å². The summed E-state index contributed by atoms with van der Waals surface area (Å²) in [5, 5.41) is 0. The molecule has 0 saturated carbocycles. The number of anilines is 2. The van der Waals surface area contributed by atoms with Crippen LogP contribution >= 0.6 is 0 Å². The van der Waals surface area contributed by atoms with E-state index in [1.54, 1.807) is 0 Å².